The molecule has 5 aromatic carbocycles. The lowest BCUT2D eigenvalue weighted by atomic mass is 9.58. The molecule has 250 valence electrons. The highest BCUT2D eigenvalue weighted by Gasteiger charge is 2.68. The van der Waals surface area contributed by atoms with Crippen molar-refractivity contribution in [1.82, 2.24) is 0 Å². The van der Waals surface area contributed by atoms with E-state index in [2.05, 4.69) is 0 Å². The van der Waals surface area contributed by atoms with E-state index in [1.807, 2.05) is 26.0 Å². The number of sulfonamides is 1. The Morgan fingerprint density at radius 3 is 1.88 bits per heavy atom. The summed E-state index contributed by atoms with van der Waals surface area (Å²) in [5.74, 6) is -3.34. The van der Waals surface area contributed by atoms with Gasteiger partial charge in [0.1, 0.15) is 11.5 Å². The number of imide groups is 1. The Morgan fingerprint density at radius 1 is 0.680 bits per heavy atom. The van der Waals surface area contributed by atoms with Crippen molar-refractivity contribution in [3.8, 4) is 0 Å². The second-order valence-corrected chi connectivity index (χ2v) is 14.7. The maximum atomic E-state index is 15.4. The number of ketones is 2. The monoisotopic (exact) mass is 682 g/mol. The summed E-state index contributed by atoms with van der Waals surface area (Å²) in [6, 6.07) is 33.2. The van der Waals surface area contributed by atoms with E-state index >= 15 is 18.0 Å². The standard InChI is InChI=1S/C41H34N2O6S/c1-26-17-21-29(22-18-26)37(45)25-34-32-13-7-9-15-35(32)43(50(48,49)31-23-19-27(2)20-24-31)39(38(46)30-11-5-4-6-12-30)41(34)33-14-8-10-16-36(33)42(28(3)44)40(41)47/h4-24,34,39H,25H2,1-3H3/t34-,39-,41+/m0/s1. The van der Waals surface area contributed by atoms with Crippen LogP contribution >= 0.6 is 0 Å². The van der Waals surface area contributed by atoms with E-state index in [4.69, 9.17) is 0 Å². The summed E-state index contributed by atoms with van der Waals surface area (Å²) < 4.78 is 31.2. The highest BCUT2D eigenvalue weighted by Crippen LogP contribution is 2.60. The Labute approximate surface area is 291 Å². The number of carbonyl (C=O) groups excluding carboxylic acids is 4. The number of nitrogens with zero attached hydrogens (tertiary/aromatic N) is 2. The SMILES string of the molecule is CC(=O)N1C(=O)[C@@]2(c3ccccc31)[C@H](C(=O)c1ccccc1)N(S(=O)(=O)c1ccc(C)cc1)c1ccccc1[C@@H]2CC(=O)c1ccc(C)cc1. The van der Waals surface area contributed by atoms with Crippen LogP contribution in [-0.4, -0.2) is 37.8 Å². The average Bonchev–Trinajstić information content (AvgIpc) is 3.37. The van der Waals surface area contributed by atoms with Crippen molar-refractivity contribution in [3.05, 3.63) is 161 Å². The van der Waals surface area contributed by atoms with Gasteiger partial charge in [0.2, 0.25) is 11.8 Å². The van der Waals surface area contributed by atoms with Gasteiger partial charge in [-0.25, -0.2) is 13.3 Å². The minimum atomic E-state index is -4.56. The lowest BCUT2D eigenvalue weighted by molar-refractivity contribution is -0.129. The molecule has 2 heterocycles. The molecule has 0 N–H and O–H groups in total. The van der Waals surface area contributed by atoms with Crippen molar-refractivity contribution >= 4 is 44.8 Å². The predicted molar refractivity (Wildman–Crippen MR) is 191 cm³/mol. The van der Waals surface area contributed by atoms with Gasteiger partial charge in [-0.1, -0.05) is 114 Å². The Kier molecular flexibility index (Phi) is 8.11. The summed E-state index contributed by atoms with van der Waals surface area (Å²) in [6.45, 7) is 5.00. The summed E-state index contributed by atoms with van der Waals surface area (Å²) in [5, 5.41) is 0. The number of hydrogen-bond donors (Lipinski definition) is 0. The molecule has 0 saturated carbocycles. The zero-order valence-corrected chi connectivity index (χ0v) is 28.6. The fourth-order valence-electron chi connectivity index (χ4n) is 7.56. The largest absolute Gasteiger partial charge is 0.294 e. The molecule has 0 aromatic heterocycles. The van der Waals surface area contributed by atoms with Crippen LogP contribution in [-0.2, 0) is 25.0 Å². The molecule has 0 radical (unpaired) electrons. The molecule has 1 spiro atoms. The number of para-hydroxylation sites is 2. The highest BCUT2D eigenvalue weighted by molar-refractivity contribution is 7.93. The molecular formula is C41H34N2O6S. The molecule has 0 unspecified atom stereocenters. The number of hydrogen-bond acceptors (Lipinski definition) is 6. The summed E-state index contributed by atoms with van der Waals surface area (Å²) >= 11 is 0. The fraction of sp³-hybridized carbons (Fsp3) is 0.171. The first-order chi connectivity index (χ1) is 24.0. The smallest absolute Gasteiger partial charge is 0.265 e. The van der Waals surface area contributed by atoms with E-state index in [1.165, 1.54) is 19.1 Å². The lowest BCUT2D eigenvalue weighted by Gasteiger charge is -2.51. The van der Waals surface area contributed by atoms with E-state index in [-0.39, 0.29) is 34.0 Å². The van der Waals surface area contributed by atoms with Crippen LogP contribution < -0.4 is 9.21 Å². The first kappa shape index (κ1) is 32.9. The van der Waals surface area contributed by atoms with Gasteiger partial charge in [-0.3, -0.25) is 23.5 Å². The number of fused-ring (bicyclic) bond motifs is 3. The molecule has 9 heteroatoms. The summed E-state index contributed by atoms with van der Waals surface area (Å²) in [4.78, 5) is 59.2. The van der Waals surface area contributed by atoms with Crippen LogP contribution in [0.2, 0.25) is 0 Å². The first-order valence-electron chi connectivity index (χ1n) is 16.3. The summed E-state index contributed by atoms with van der Waals surface area (Å²) in [6.07, 6.45) is -0.247. The third kappa shape index (κ3) is 4.99. The average molecular weight is 683 g/mol. The normalized spacial score (nSPS) is 19.6. The zero-order chi connectivity index (χ0) is 35.4. The molecular weight excluding hydrogens is 649 g/mol. The third-order valence-corrected chi connectivity index (χ3v) is 11.7. The van der Waals surface area contributed by atoms with Crippen molar-refractivity contribution in [3.63, 3.8) is 0 Å². The van der Waals surface area contributed by atoms with Crippen LogP contribution in [0.25, 0.3) is 0 Å². The van der Waals surface area contributed by atoms with Gasteiger partial charge in [0.25, 0.3) is 10.0 Å². The second-order valence-electron chi connectivity index (χ2n) is 12.9. The second kappa shape index (κ2) is 12.3. The van der Waals surface area contributed by atoms with Gasteiger partial charge < -0.3 is 0 Å². The number of aryl methyl sites for hydroxylation is 2. The first-order valence-corrected chi connectivity index (χ1v) is 17.8. The van der Waals surface area contributed by atoms with E-state index in [1.54, 1.807) is 103 Å². The van der Waals surface area contributed by atoms with Crippen molar-refractivity contribution in [2.75, 3.05) is 9.21 Å². The molecule has 2 aliphatic heterocycles. The van der Waals surface area contributed by atoms with E-state index < -0.39 is 45.0 Å². The number of amides is 2. The van der Waals surface area contributed by atoms with Crippen LogP contribution in [0.3, 0.4) is 0 Å². The van der Waals surface area contributed by atoms with Crippen molar-refractivity contribution in [2.24, 2.45) is 0 Å². The van der Waals surface area contributed by atoms with Gasteiger partial charge in [-0.05, 0) is 49.2 Å². The number of rotatable bonds is 7. The number of carbonyl (C=O) groups is 4. The van der Waals surface area contributed by atoms with Crippen molar-refractivity contribution in [2.45, 2.75) is 49.5 Å². The van der Waals surface area contributed by atoms with Crippen LogP contribution in [0, 0.1) is 13.8 Å². The van der Waals surface area contributed by atoms with Gasteiger partial charge in [0.05, 0.1) is 16.3 Å². The molecule has 2 aliphatic rings. The molecule has 2 amide bonds. The van der Waals surface area contributed by atoms with Crippen molar-refractivity contribution in [1.29, 1.82) is 0 Å². The van der Waals surface area contributed by atoms with Gasteiger partial charge in [-0.2, -0.15) is 0 Å². The molecule has 0 fully saturated rings. The minimum Gasteiger partial charge on any atom is -0.294 e. The van der Waals surface area contributed by atoms with Crippen LogP contribution in [0.15, 0.2) is 132 Å². The molecule has 8 nitrogen and oxygen atoms in total. The Morgan fingerprint density at radius 2 is 1.24 bits per heavy atom. The molecule has 7 rings (SSSR count). The van der Waals surface area contributed by atoms with Crippen LogP contribution in [0.5, 0.6) is 0 Å². The van der Waals surface area contributed by atoms with Crippen molar-refractivity contribution < 1.29 is 27.6 Å². The number of anilines is 2. The predicted octanol–water partition coefficient (Wildman–Crippen LogP) is 6.95. The molecule has 50 heavy (non-hydrogen) atoms. The molecule has 0 bridgehead atoms. The van der Waals surface area contributed by atoms with Crippen LogP contribution in [0.1, 0.15) is 62.2 Å². The lowest BCUT2D eigenvalue weighted by Crippen LogP contribution is -2.66. The topological polar surface area (TPSA) is 109 Å². The maximum absolute atomic E-state index is 15.4. The van der Waals surface area contributed by atoms with E-state index in [0.717, 1.165) is 20.3 Å². The highest BCUT2D eigenvalue weighted by atomic mass is 32.2. The summed E-state index contributed by atoms with van der Waals surface area (Å²) in [5.41, 5.74) is 1.48. The molecule has 0 aliphatic carbocycles. The molecule has 0 saturated heterocycles. The van der Waals surface area contributed by atoms with Gasteiger partial charge in [0, 0.05) is 30.4 Å². The van der Waals surface area contributed by atoms with Gasteiger partial charge in [-0.15, -0.1) is 0 Å². The van der Waals surface area contributed by atoms with Gasteiger partial charge >= 0.3 is 0 Å². The Hall–Kier alpha value is -5.67. The third-order valence-electron chi connectivity index (χ3n) is 9.88. The molecule has 5 aromatic rings. The van der Waals surface area contributed by atoms with Gasteiger partial charge in [0.15, 0.2) is 11.6 Å². The Bertz CT molecular complexity index is 2280. The quantitative estimate of drug-likeness (QED) is 0.172. The van der Waals surface area contributed by atoms with E-state index in [9.17, 15) is 9.59 Å². The zero-order valence-electron chi connectivity index (χ0n) is 27.7. The van der Waals surface area contributed by atoms with E-state index in [0.29, 0.717) is 16.7 Å². The number of benzene rings is 5. The Balaban J connectivity index is 1.60. The maximum Gasteiger partial charge on any atom is 0.265 e. The number of Topliss-reactive ketones (excluding diaryl/α,β-unsaturated/α-hetero) is 2. The fourth-order valence-corrected chi connectivity index (χ4v) is 9.24. The molecule has 3 atom stereocenters. The summed E-state index contributed by atoms with van der Waals surface area (Å²) in [7, 11) is -4.56. The minimum absolute atomic E-state index is 0.0738. The van der Waals surface area contributed by atoms with Crippen LogP contribution in [0.4, 0.5) is 11.4 Å².